The molecule has 0 aromatic heterocycles. The second kappa shape index (κ2) is 53.1. The molecule has 0 heteroatoms. The lowest BCUT2D eigenvalue weighted by Crippen LogP contribution is -2.02. The van der Waals surface area contributed by atoms with Crippen molar-refractivity contribution in [2.75, 3.05) is 0 Å². The van der Waals surface area contributed by atoms with Crippen molar-refractivity contribution in [3.05, 3.63) is 0 Å². The Kier molecular flexibility index (Phi) is 53.1. The monoisotopic (exact) mass is 815 g/mol. The second-order valence-corrected chi connectivity index (χ2v) is 20.5. The van der Waals surface area contributed by atoms with Gasteiger partial charge >= 0.3 is 0 Å². The van der Waals surface area contributed by atoms with Crippen molar-refractivity contribution in [2.24, 2.45) is 11.8 Å². The molecule has 0 aliphatic heterocycles. The van der Waals surface area contributed by atoms with Crippen LogP contribution in [0.3, 0.4) is 0 Å². The highest BCUT2D eigenvalue weighted by Crippen LogP contribution is 2.26. The Morgan fingerprint density at radius 2 is 0.310 bits per heavy atom. The highest BCUT2D eigenvalue weighted by atomic mass is 14.2. The highest BCUT2D eigenvalue weighted by molar-refractivity contribution is 4.63. The Bertz CT molecular complexity index is 680. The van der Waals surface area contributed by atoms with Crippen LogP contribution >= 0.6 is 0 Å². The maximum Gasteiger partial charge on any atom is -0.0414 e. The molecule has 58 heavy (non-hydrogen) atoms. The smallest absolute Gasteiger partial charge is 0.0414 e. The summed E-state index contributed by atoms with van der Waals surface area (Å²) in [6.07, 6.45) is 77.2. The van der Waals surface area contributed by atoms with E-state index in [-0.39, 0.29) is 0 Å². The number of rotatable bonds is 53. The molecule has 0 radical (unpaired) electrons. The lowest BCUT2D eigenvalue weighted by molar-refractivity contribution is 0.364. The molecule has 0 heterocycles. The van der Waals surface area contributed by atoms with Crippen LogP contribution in [0.5, 0.6) is 0 Å². The van der Waals surface area contributed by atoms with Gasteiger partial charge in [-0.05, 0) is 11.8 Å². The summed E-state index contributed by atoms with van der Waals surface area (Å²) < 4.78 is 0. The fourth-order valence-corrected chi connectivity index (χ4v) is 9.98. The van der Waals surface area contributed by atoms with Gasteiger partial charge in [0.2, 0.25) is 0 Å². The Labute approximate surface area is 372 Å². The van der Waals surface area contributed by atoms with Crippen molar-refractivity contribution in [1.82, 2.24) is 0 Å². The lowest BCUT2D eigenvalue weighted by Gasteiger charge is -2.17. The van der Waals surface area contributed by atoms with E-state index in [0.29, 0.717) is 0 Å². The summed E-state index contributed by atoms with van der Waals surface area (Å²) in [7, 11) is 0. The van der Waals surface area contributed by atoms with E-state index in [1.165, 1.54) is 334 Å². The van der Waals surface area contributed by atoms with Crippen LogP contribution in [-0.4, -0.2) is 0 Å². The van der Waals surface area contributed by atoms with Crippen LogP contribution in [0.1, 0.15) is 362 Å². The third-order valence-corrected chi connectivity index (χ3v) is 14.3. The summed E-state index contributed by atoms with van der Waals surface area (Å²) in [6.45, 7) is 9.50. The Morgan fingerprint density at radius 3 is 0.483 bits per heavy atom. The summed E-state index contributed by atoms with van der Waals surface area (Å²) in [4.78, 5) is 0. The molecule has 0 bridgehead atoms. The highest BCUT2D eigenvalue weighted by Gasteiger charge is 2.09. The first-order valence-electron chi connectivity index (χ1n) is 28.7. The van der Waals surface area contributed by atoms with Crippen LogP contribution in [0.4, 0.5) is 0 Å². The normalized spacial score (nSPS) is 12.8. The van der Waals surface area contributed by atoms with E-state index in [0.717, 1.165) is 11.8 Å². The maximum absolute atomic E-state index is 2.54. The van der Waals surface area contributed by atoms with Crippen LogP contribution in [0, 0.1) is 11.8 Å². The lowest BCUT2D eigenvalue weighted by atomic mass is 9.89. The van der Waals surface area contributed by atoms with Gasteiger partial charge in [-0.15, -0.1) is 0 Å². The van der Waals surface area contributed by atoms with Gasteiger partial charge in [-0.3, -0.25) is 0 Å². The first kappa shape index (κ1) is 58.0. The molecule has 2 unspecified atom stereocenters. The fourth-order valence-electron chi connectivity index (χ4n) is 9.98. The van der Waals surface area contributed by atoms with E-state index in [1.807, 2.05) is 0 Å². The quantitative estimate of drug-likeness (QED) is 0.0537. The molecule has 0 nitrogen and oxygen atoms in total. The molecule has 0 N–H and O–H groups in total. The summed E-state index contributed by atoms with van der Waals surface area (Å²) in [6, 6.07) is 0. The van der Waals surface area contributed by atoms with Gasteiger partial charge in [0.1, 0.15) is 0 Å². The van der Waals surface area contributed by atoms with E-state index < -0.39 is 0 Å². The predicted octanol–water partition coefficient (Wildman–Crippen LogP) is 22.6. The van der Waals surface area contributed by atoms with Gasteiger partial charge in [-0.25, -0.2) is 0 Å². The summed E-state index contributed by atoms with van der Waals surface area (Å²) in [5.41, 5.74) is 0. The predicted molar refractivity (Wildman–Crippen MR) is 270 cm³/mol. The van der Waals surface area contributed by atoms with Gasteiger partial charge < -0.3 is 0 Å². The van der Waals surface area contributed by atoms with Crippen molar-refractivity contribution in [2.45, 2.75) is 362 Å². The van der Waals surface area contributed by atoms with Crippen molar-refractivity contribution < 1.29 is 0 Å². The molecule has 0 aromatic rings. The Hall–Kier alpha value is 0. The topological polar surface area (TPSA) is 0 Å². The van der Waals surface area contributed by atoms with Gasteiger partial charge in [0, 0.05) is 0 Å². The zero-order valence-corrected chi connectivity index (χ0v) is 41.9. The molecule has 0 saturated carbocycles. The molecule has 0 aliphatic rings. The third kappa shape index (κ3) is 50.4. The minimum absolute atomic E-state index is 0.957. The van der Waals surface area contributed by atoms with Crippen molar-refractivity contribution >= 4 is 0 Å². The summed E-state index contributed by atoms with van der Waals surface area (Å²) >= 11 is 0. The largest absolute Gasteiger partial charge is 0.0654 e. The van der Waals surface area contributed by atoms with Gasteiger partial charge in [0.15, 0.2) is 0 Å². The standard InChI is InChI=1S/C58H118/c1-5-8-11-14-17-20-23-25-26-27-28-30-33-36-39-45-50-55-58(54-49-44-38-35-32-29-24-21-18-15-12-9-6-2)56-51-46-41-40-43-48-53-57(4)52-47-42-37-34-31-22-19-16-13-10-7-3/h57-58H,5-56H2,1-4H3. The first-order chi connectivity index (χ1) is 28.7. The molecule has 0 fully saturated rings. The minimum atomic E-state index is 0.957. The van der Waals surface area contributed by atoms with Crippen LogP contribution in [-0.2, 0) is 0 Å². The molecular formula is C58H118. The molecule has 0 aromatic carbocycles. The average molecular weight is 816 g/mol. The van der Waals surface area contributed by atoms with Gasteiger partial charge in [-0.1, -0.05) is 362 Å². The van der Waals surface area contributed by atoms with Gasteiger partial charge in [-0.2, -0.15) is 0 Å². The average Bonchev–Trinajstić information content (AvgIpc) is 3.23. The minimum Gasteiger partial charge on any atom is -0.0654 e. The number of unbranched alkanes of at least 4 members (excludes halogenated alkanes) is 43. The molecule has 0 rings (SSSR count). The molecule has 0 saturated heterocycles. The van der Waals surface area contributed by atoms with E-state index in [2.05, 4.69) is 27.7 Å². The first-order valence-corrected chi connectivity index (χ1v) is 28.7. The summed E-state index contributed by atoms with van der Waals surface area (Å²) in [5, 5.41) is 0. The van der Waals surface area contributed by atoms with Crippen molar-refractivity contribution in [3.63, 3.8) is 0 Å². The van der Waals surface area contributed by atoms with Crippen LogP contribution in [0.2, 0.25) is 0 Å². The van der Waals surface area contributed by atoms with Crippen molar-refractivity contribution in [3.8, 4) is 0 Å². The van der Waals surface area contributed by atoms with E-state index in [9.17, 15) is 0 Å². The Balaban J connectivity index is 3.99. The van der Waals surface area contributed by atoms with E-state index >= 15 is 0 Å². The molecule has 350 valence electrons. The van der Waals surface area contributed by atoms with Crippen molar-refractivity contribution in [1.29, 1.82) is 0 Å². The Morgan fingerprint density at radius 1 is 0.172 bits per heavy atom. The number of hydrogen-bond donors (Lipinski definition) is 0. The zero-order valence-electron chi connectivity index (χ0n) is 41.9. The van der Waals surface area contributed by atoms with Gasteiger partial charge in [0.05, 0.1) is 0 Å². The molecule has 2 atom stereocenters. The SMILES string of the molecule is CCCCCCCCCCCCCCCCCCCC(CCCCCCCCCCCCCCC)CCCCCCCCC(C)CCCCCCCCCCCCC. The molecule has 0 spiro atoms. The molecule has 0 amide bonds. The van der Waals surface area contributed by atoms with E-state index in [1.54, 1.807) is 0 Å². The summed E-state index contributed by atoms with van der Waals surface area (Å²) in [5.74, 6) is 1.99. The number of hydrogen-bond acceptors (Lipinski definition) is 0. The fraction of sp³-hybridized carbons (Fsp3) is 1.00. The second-order valence-electron chi connectivity index (χ2n) is 20.5. The molecule has 0 aliphatic carbocycles. The van der Waals surface area contributed by atoms with Gasteiger partial charge in [0.25, 0.3) is 0 Å². The van der Waals surface area contributed by atoms with E-state index in [4.69, 9.17) is 0 Å². The zero-order chi connectivity index (χ0) is 41.9. The van der Waals surface area contributed by atoms with Crippen LogP contribution < -0.4 is 0 Å². The third-order valence-electron chi connectivity index (χ3n) is 14.3. The molecular weight excluding hydrogens is 697 g/mol. The van der Waals surface area contributed by atoms with Crippen LogP contribution in [0.25, 0.3) is 0 Å². The van der Waals surface area contributed by atoms with Crippen LogP contribution in [0.15, 0.2) is 0 Å². The maximum atomic E-state index is 2.54.